The van der Waals surface area contributed by atoms with Crippen LogP contribution in [0.25, 0.3) is 17.2 Å². The van der Waals surface area contributed by atoms with Crippen LogP contribution in [0.1, 0.15) is 18.4 Å². The molecule has 1 N–H and O–H groups in total. The van der Waals surface area contributed by atoms with Crippen LogP contribution in [-0.2, 0) is 4.79 Å². The van der Waals surface area contributed by atoms with Crippen LogP contribution in [0.5, 0.6) is 0 Å². The van der Waals surface area contributed by atoms with Gasteiger partial charge in [0.1, 0.15) is 0 Å². The highest BCUT2D eigenvalue weighted by atomic mass is 16.1. The number of aromatic nitrogens is 1. The van der Waals surface area contributed by atoms with Crippen LogP contribution in [0.4, 0.5) is 5.69 Å². The molecule has 0 unspecified atom stereocenters. The van der Waals surface area contributed by atoms with Crippen molar-refractivity contribution in [3.63, 3.8) is 0 Å². The molecule has 4 rings (SSSR count). The molecule has 0 atom stereocenters. The lowest BCUT2D eigenvalue weighted by molar-refractivity contribution is -0.116. The number of hydrogen-bond donors (Lipinski definition) is 1. The Labute approximate surface area is 196 Å². The summed E-state index contributed by atoms with van der Waals surface area (Å²) < 4.78 is 0. The molecule has 0 bridgehead atoms. The molecule has 170 valence electrons. The monoisotopic (exact) mass is 440 g/mol. The maximum absolute atomic E-state index is 11.9. The molecule has 1 saturated heterocycles. The first kappa shape index (κ1) is 22.7. The first-order chi connectivity index (χ1) is 16.3. The number of amides is 1. The molecule has 5 nitrogen and oxygen atoms in total. The molecule has 0 radical (unpaired) electrons. The number of rotatable bonds is 9. The van der Waals surface area contributed by atoms with Crippen molar-refractivity contribution in [1.82, 2.24) is 15.2 Å². The number of anilines is 1. The molecule has 0 aliphatic carbocycles. The Kier molecular flexibility index (Phi) is 8.25. The quantitative estimate of drug-likeness (QED) is 0.394. The fraction of sp³-hybridized carbons (Fsp3) is 0.286. The molecule has 1 aromatic heterocycles. The van der Waals surface area contributed by atoms with Crippen molar-refractivity contribution >= 4 is 17.7 Å². The second kappa shape index (κ2) is 12.0. The van der Waals surface area contributed by atoms with Crippen LogP contribution >= 0.6 is 0 Å². The molecular weight excluding hydrogens is 408 g/mol. The summed E-state index contributed by atoms with van der Waals surface area (Å²) in [6, 6.07) is 23.1. The number of carbonyl (C=O) groups is 1. The SMILES string of the molecule is O=C(C=Cc1cccnc1)NCCCCN1CCN(c2ccccc2-c2ccccc2)CC1. The van der Waals surface area contributed by atoms with E-state index in [4.69, 9.17) is 0 Å². The normalized spacial score (nSPS) is 14.5. The third kappa shape index (κ3) is 6.77. The zero-order valence-corrected chi connectivity index (χ0v) is 19.1. The number of piperazine rings is 1. The predicted molar refractivity (Wildman–Crippen MR) is 136 cm³/mol. The van der Waals surface area contributed by atoms with Gasteiger partial charge in [0.05, 0.1) is 0 Å². The van der Waals surface area contributed by atoms with Gasteiger partial charge in [0.2, 0.25) is 5.91 Å². The second-order valence-corrected chi connectivity index (χ2v) is 8.33. The van der Waals surface area contributed by atoms with Crippen molar-refractivity contribution in [2.45, 2.75) is 12.8 Å². The smallest absolute Gasteiger partial charge is 0.243 e. The lowest BCUT2D eigenvalue weighted by Gasteiger charge is -2.37. The molecule has 2 heterocycles. The van der Waals surface area contributed by atoms with E-state index in [1.807, 2.05) is 12.1 Å². The molecule has 33 heavy (non-hydrogen) atoms. The third-order valence-corrected chi connectivity index (χ3v) is 6.01. The topological polar surface area (TPSA) is 48.5 Å². The van der Waals surface area contributed by atoms with E-state index >= 15 is 0 Å². The number of carbonyl (C=O) groups excluding carboxylic acids is 1. The van der Waals surface area contributed by atoms with Crippen molar-refractivity contribution in [3.8, 4) is 11.1 Å². The van der Waals surface area contributed by atoms with Crippen molar-refractivity contribution in [3.05, 3.63) is 90.8 Å². The Bertz CT molecular complexity index is 1030. The Morgan fingerprint density at radius 3 is 2.48 bits per heavy atom. The van der Waals surface area contributed by atoms with Gasteiger partial charge in [0, 0.05) is 62.4 Å². The standard InChI is InChI=1S/C28H32N4O/c33-28(15-14-24-9-8-16-29-23-24)30-17-6-7-18-31-19-21-32(22-20-31)27-13-5-4-12-26(27)25-10-2-1-3-11-25/h1-5,8-16,23H,6-7,17-22H2,(H,30,33). The van der Waals surface area contributed by atoms with Crippen LogP contribution < -0.4 is 10.2 Å². The molecule has 1 amide bonds. The minimum absolute atomic E-state index is 0.0513. The molecule has 1 aliphatic heterocycles. The third-order valence-electron chi connectivity index (χ3n) is 6.01. The summed E-state index contributed by atoms with van der Waals surface area (Å²) in [6.07, 6.45) is 8.91. The van der Waals surface area contributed by atoms with E-state index in [0.717, 1.165) is 51.1 Å². The Morgan fingerprint density at radius 2 is 1.70 bits per heavy atom. The van der Waals surface area contributed by atoms with Crippen molar-refractivity contribution in [1.29, 1.82) is 0 Å². The van der Waals surface area contributed by atoms with Gasteiger partial charge in [-0.25, -0.2) is 0 Å². The number of pyridine rings is 1. The van der Waals surface area contributed by atoms with Crippen LogP contribution in [0.15, 0.2) is 85.2 Å². The van der Waals surface area contributed by atoms with Gasteiger partial charge in [0.15, 0.2) is 0 Å². The molecule has 1 aliphatic rings. The highest BCUT2D eigenvalue weighted by Gasteiger charge is 2.19. The fourth-order valence-corrected chi connectivity index (χ4v) is 4.20. The van der Waals surface area contributed by atoms with Crippen LogP contribution in [-0.4, -0.2) is 55.1 Å². The lowest BCUT2D eigenvalue weighted by atomic mass is 10.0. The van der Waals surface area contributed by atoms with Gasteiger partial charge in [-0.05, 0) is 48.7 Å². The molecule has 2 aromatic carbocycles. The van der Waals surface area contributed by atoms with Crippen LogP contribution in [0, 0.1) is 0 Å². The Balaban J connectivity index is 1.16. The summed E-state index contributed by atoms with van der Waals surface area (Å²) in [6.45, 7) is 6.02. The highest BCUT2D eigenvalue weighted by Crippen LogP contribution is 2.31. The van der Waals surface area contributed by atoms with E-state index in [2.05, 4.69) is 74.7 Å². The number of benzene rings is 2. The molecule has 0 spiro atoms. The average Bonchev–Trinajstić information content (AvgIpc) is 2.89. The molecule has 1 fully saturated rings. The van der Waals surface area contributed by atoms with Gasteiger partial charge >= 0.3 is 0 Å². The van der Waals surface area contributed by atoms with Crippen LogP contribution in [0.3, 0.4) is 0 Å². The van der Waals surface area contributed by atoms with Crippen molar-refractivity contribution in [2.75, 3.05) is 44.2 Å². The molecular formula is C28H32N4O. The largest absolute Gasteiger partial charge is 0.368 e. The Morgan fingerprint density at radius 1 is 0.909 bits per heavy atom. The number of nitrogens with one attached hydrogen (secondary N) is 1. The van der Waals surface area contributed by atoms with E-state index < -0.39 is 0 Å². The lowest BCUT2D eigenvalue weighted by Crippen LogP contribution is -2.46. The first-order valence-electron chi connectivity index (χ1n) is 11.8. The maximum atomic E-state index is 11.9. The predicted octanol–water partition coefficient (Wildman–Crippen LogP) is 4.48. The number of para-hydroxylation sites is 1. The summed E-state index contributed by atoms with van der Waals surface area (Å²) in [5.74, 6) is -0.0513. The van der Waals surface area contributed by atoms with Crippen molar-refractivity contribution in [2.24, 2.45) is 0 Å². The zero-order valence-electron chi connectivity index (χ0n) is 19.1. The molecule has 3 aromatic rings. The number of hydrogen-bond acceptors (Lipinski definition) is 4. The summed E-state index contributed by atoms with van der Waals surface area (Å²) in [5, 5.41) is 2.97. The highest BCUT2D eigenvalue weighted by molar-refractivity contribution is 5.91. The van der Waals surface area contributed by atoms with Gasteiger partial charge in [0.25, 0.3) is 0 Å². The van der Waals surface area contributed by atoms with Gasteiger partial charge in [-0.15, -0.1) is 0 Å². The average molecular weight is 441 g/mol. The number of unbranched alkanes of at least 4 members (excludes halogenated alkanes) is 1. The molecule has 5 heteroatoms. The zero-order chi connectivity index (χ0) is 22.7. The first-order valence-corrected chi connectivity index (χ1v) is 11.8. The van der Waals surface area contributed by atoms with Crippen molar-refractivity contribution < 1.29 is 4.79 Å². The van der Waals surface area contributed by atoms with E-state index in [1.165, 1.54) is 16.8 Å². The maximum Gasteiger partial charge on any atom is 0.243 e. The molecule has 0 saturated carbocycles. The van der Waals surface area contributed by atoms with Gasteiger partial charge in [-0.1, -0.05) is 54.6 Å². The summed E-state index contributed by atoms with van der Waals surface area (Å²) in [7, 11) is 0. The Hall–Kier alpha value is -3.44. The van der Waals surface area contributed by atoms with Gasteiger partial charge in [-0.2, -0.15) is 0 Å². The number of nitrogens with zero attached hydrogens (tertiary/aromatic N) is 3. The summed E-state index contributed by atoms with van der Waals surface area (Å²) in [4.78, 5) is 21.0. The minimum atomic E-state index is -0.0513. The fourth-order valence-electron chi connectivity index (χ4n) is 4.20. The van der Waals surface area contributed by atoms with E-state index in [-0.39, 0.29) is 5.91 Å². The van der Waals surface area contributed by atoms with E-state index in [0.29, 0.717) is 6.54 Å². The van der Waals surface area contributed by atoms with Gasteiger partial charge < -0.3 is 10.2 Å². The minimum Gasteiger partial charge on any atom is -0.368 e. The summed E-state index contributed by atoms with van der Waals surface area (Å²) in [5.41, 5.74) is 4.83. The second-order valence-electron chi connectivity index (χ2n) is 8.33. The summed E-state index contributed by atoms with van der Waals surface area (Å²) >= 11 is 0. The van der Waals surface area contributed by atoms with Gasteiger partial charge in [-0.3, -0.25) is 14.7 Å². The van der Waals surface area contributed by atoms with E-state index in [1.54, 1.807) is 24.5 Å². The van der Waals surface area contributed by atoms with Crippen LogP contribution in [0.2, 0.25) is 0 Å². The van der Waals surface area contributed by atoms with E-state index in [9.17, 15) is 4.79 Å².